The Bertz CT molecular complexity index is 1240. The molecule has 156 valence electrons. The molecule has 3 N–H and O–H groups in total. The third kappa shape index (κ3) is 3.76. The number of carbonyl (C=O) groups excluding carboxylic acids is 1. The van der Waals surface area contributed by atoms with Gasteiger partial charge >= 0.3 is 0 Å². The fourth-order valence-corrected chi connectivity index (χ4v) is 3.06. The van der Waals surface area contributed by atoms with Crippen molar-refractivity contribution >= 4 is 22.5 Å². The second-order valence-electron chi connectivity index (χ2n) is 7.61. The molecule has 0 fully saturated rings. The van der Waals surface area contributed by atoms with Crippen molar-refractivity contribution in [3.05, 3.63) is 64.4 Å². The van der Waals surface area contributed by atoms with Gasteiger partial charge in [-0.05, 0) is 32.0 Å². The Balaban J connectivity index is 2.16. The van der Waals surface area contributed by atoms with Gasteiger partial charge in [0.1, 0.15) is 28.7 Å². The van der Waals surface area contributed by atoms with Gasteiger partial charge in [0.05, 0.1) is 11.1 Å². The van der Waals surface area contributed by atoms with E-state index in [1.165, 1.54) is 52.1 Å². The number of halogens is 2. The van der Waals surface area contributed by atoms with Crippen LogP contribution in [0.3, 0.4) is 0 Å². The molecule has 0 radical (unpaired) electrons. The molecule has 9 heteroatoms. The normalized spacial score (nSPS) is 12.8. The molecular formula is C21H21F2N5O2. The maximum absolute atomic E-state index is 15.3. The number of hydrogen-bond acceptors (Lipinski definition) is 6. The molecule has 1 aromatic carbocycles. The van der Waals surface area contributed by atoms with Crippen LogP contribution >= 0.6 is 0 Å². The van der Waals surface area contributed by atoms with Crippen molar-refractivity contribution in [2.75, 3.05) is 0 Å². The molecule has 1 unspecified atom stereocenters. The number of nitrogens with zero attached hydrogens (tertiary/aromatic N) is 3. The van der Waals surface area contributed by atoms with Crippen LogP contribution in [0, 0.1) is 22.5 Å². The maximum atomic E-state index is 15.3. The van der Waals surface area contributed by atoms with Crippen LogP contribution in [0.4, 0.5) is 8.78 Å². The molecule has 7 nitrogen and oxygen atoms in total. The minimum absolute atomic E-state index is 0.00668. The smallest absolute Gasteiger partial charge is 0.179 e. The Labute approximate surface area is 171 Å². The van der Waals surface area contributed by atoms with Crippen LogP contribution < -0.4 is 5.49 Å². The van der Waals surface area contributed by atoms with Gasteiger partial charge in [0.15, 0.2) is 5.78 Å². The first-order chi connectivity index (χ1) is 13.9. The SMILES string of the molecule is CC(=O)c1ccc(=N)n(C(=N)C(C)c2c(F)cc3ncc(C(C)(C)O)cc3c2F)n1. The van der Waals surface area contributed by atoms with Crippen molar-refractivity contribution in [3.8, 4) is 0 Å². The summed E-state index contributed by atoms with van der Waals surface area (Å²) in [4.78, 5) is 15.6. The molecule has 0 aliphatic rings. The fourth-order valence-electron chi connectivity index (χ4n) is 3.06. The number of aliphatic hydroxyl groups is 1. The van der Waals surface area contributed by atoms with Crippen molar-refractivity contribution in [2.45, 2.75) is 39.2 Å². The lowest BCUT2D eigenvalue weighted by Gasteiger charge is -2.20. The summed E-state index contributed by atoms with van der Waals surface area (Å²) < 4.78 is 31.0. The average molecular weight is 413 g/mol. The number of benzene rings is 1. The summed E-state index contributed by atoms with van der Waals surface area (Å²) in [5, 5.41) is 30.5. The molecule has 0 amide bonds. The molecular weight excluding hydrogens is 392 g/mol. The number of Topliss-reactive ketones (excluding diaryl/α,β-unsaturated/α-hetero) is 1. The maximum Gasteiger partial charge on any atom is 0.179 e. The van der Waals surface area contributed by atoms with E-state index in [2.05, 4.69) is 10.1 Å². The molecule has 2 heterocycles. The molecule has 30 heavy (non-hydrogen) atoms. The zero-order valence-electron chi connectivity index (χ0n) is 16.9. The molecule has 3 aromatic rings. The predicted molar refractivity (Wildman–Crippen MR) is 107 cm³/mol. The third-order valence-corrected chi connectivity index (χ3v) is 4.89. The van der Waals surface area contributed by atoms with Gasteiger partial charge in [-0.25, -0.2) is 13.5 Å². The summed E-state index contributed by atoms with van der Waals surface area (Å²) in [5.74, 6) is -3.65. The van der Waals surface area contributed by atoms with Gasteiger partial charge in [-0.1, -0.05) is 6.92 Å². The average Bonchev–Trinajstić information content (AvgIpc) is 2.66. The van der Waals surface area contributed by atoms with Gasteiger partial charge in [-0.3, -0.25) is 20.6 Å². The largest absolute Gasteiger partial charge is 0.386 e. The summed E-state index contributed by atoms with van der Waals surface area (Å²) in [6, 6.07) is 5.10. The Morgan fingerprint density at radius 2 is 1.93 bits per heavy atom. The lowest BCUT2D eigenvalue weighted by Crippen LogP contribution is -2.33. The summed E-state index contributed by atoms with van der Waals surface area (Å²) in [7, 11) is 0. The summed E-state index contributed by atoms with van der Waals surface area (Å²) in [6.07, 6.45) is 1.35. The minimum atomic E-state index is -1.27. The first-order valence-corrected chi connectivity index (χ1v) is 9.17. The molecule has 0 aliphatic carbocycles. The monoisotopic (exact) mass is 413 g/mol. The molecule has 0 aliphatic heterocycles. The van der Waals surface area contributed by atoms with E-state index in [-0.39, 0.29) is 39.3 Å². The van der Waals surface area contributed by atoms with Crippen LogP contribution in [0.5, 0.6) is 0 Å². The van der Waals surface area contributed by atoms with Gasteiger partial charge in [-0.2, -0.15) is 5.10 Å². The first kappa shape index (κ1) is 21.4. The Morgan fingerprint density at radius 3 is 2.53 bits per heavy atom. The number of rotatable bonds is 4. The highest BCUT2D eigenvalue weighted by molar-refractivity contribution is 5.93. The molecule has 0 bridgehead atoms. The highest BCUT2D eigenvalue weighted by Gasteiger charge is 2.26. The van der Waals surface area contributed by atoms with Crippen molar-refractivity contribution in [3.63, 3.8) is 0 Å². The van der Waals surface area contributed by atoms with Crippen LogP contribution in [-0.2, 0) is 5.60 Å². The predicted octanol–water partition coefficient (Wildman–Crippen LogP) is 3.25. The lowest BCUT2D eigenvalue weighted by molar-refractivity contribution is 0.0784. The molecule has 0 spiro atoms. The third-order valence-electron chi connectivity index (χ3n) is 4.89. The summed E-state index contributed by atoms with van der Waals surface area (Å²) in [5.41, 5.74) is -1.40. The van der Waals surface area contributed by atoms with E-state index in [0.717, 1.165) is 10.7 Å². The van der Waals surface area contributed by atoms with E-state index < -0.39 is 23.2 Å². The number of ketones is 1. The number of pyridine rings is 1. The van der Waals surface area contributed by atoms with Crippen molar-refractivity contribution in [1.29, 1.82) is 10.8 Å². The van der Waals surface area contributed by atoms with E-state index in [1.807, 2.05) is 0 Å². The number of fused-ring (bicyclic) bond motifs is 1. The van der Waals surface area contributed by atoms with Crippen molar-refractivity contribution < 1.29 is 18.7 Å². The molecule has 0 saturated heterocycles. The zero-order valence-corrected chi connectivity index (χ0v) is 16.9. The minimum Gasteiger partial charge on any atom is -0.386 e. The van der Waals surface area contributed by atoms with E-state index in [0.29, 0.717) is 5.56 Å². The van der Waals surface area contributed by atoms with Crippen LogP contribution in [0.25, 0.3) is 10.9 Å². The first-order valence-electron chi connectivity index (χ1n) is 9.17. The molecule has 0 saturated carbocycles. The van der Waals surface area contributed by atoms with Gasteiger partial charge in [0.2, 0.25) is 0 Å². The molecule has 3 rings (SSSR count). The van der Waals surface area contributed by atoms with Gasteiger partial charge < -0.3 is 5.11 Å². The van der Waals surface area contributed by atoms with E-state index >= 15 is 4.39 Å². The second kappa shape index (κ2) is 7.49. The Kier molecular flexibility index (Phi) is 5.34. The van der Waals surface area contributed by atoms with Crippen LogP contribution in [0.2, 0.25) is 0 Å². The number of hydrogen-bond donors (Lipinski definition) is 3. The highest BCUT2D eigenvalue weighted by atomic mass is 19.1. The summed E-state index contributed by atoms with van der Waals surface area (Å²) in [6.45, 7) is 5.75. The second-order valence-corrected chi connectivity index (χ2v) is 7.61. The van der Waals surface area contributed by atoms with Crippen LogP contribution in [0.1, 0.15) is 55.2 Å². The van der Waals surface area contributed by atoms with Gasteiger partial charge in [0, 0.05) is 41.6 Å². The Hall–Kier alpha value is -3.33. The molecule has 2 aromatic heterocycles. The zero-order chi connectivity index (χ0) is 22.4. The highest BCUT2D eigenvalue weighted by Crippen LogP contribution is 2.31. The lowest BCUT2D eigenvalue weighted by atomic mass is 9.94. The standard InChI is InChI=1S/C21H21F2N5O2/c1-10(20(25)28-17(24)6-5-15(27-28)11(2)29)18-14(22)8-16-13(19(18)23)7-12(9-26-16)21(3,4)30/h5-10,24-25,30H,1-4H3. The molecule has 1 atom stereocenters. The number of carbonyl (C=O) groups is 1. The quantitative estimate of drug-likeness (QED) is 0.346. The van der Waals surface area contributed by atoms with Crippen LogP contribution in [0.15, 0.2) is 30.5 Å². The van der Waals surface area contributed by atoms with E-state index in [1.54, 1.807) is 0 Å². The number of nitrogens with one attached hydrogen (secondary N) is 2. The van der Waals surface area contributed by atoms with Gasteiger partial charge in [0.25, 0.3) is 0 Å². The summed E-state index contributed by atoms with van der Waals surface area (Å²) >= 11 is 0. The van der Waals surface area contributed by atoms with Crippen molar-refractivity contribution in [2.24, 2.45) is 0 Å². The van der Waals surface area contributed by atoms with E-state index in [9.17, 15) is 14.3 Å². The van der Waals surface area contributed by atoms with Crippen LogP contribution in [-0.4, -0.2) is 31.5 Å². The fraction of sp³-hybridized carbons (Fsp3) is 0.286. The Morgan fingerprint density at radius 1 is 1.27 bits per heavy atom. The topological polar surface area (TPSA) is 116 Å². The van der Waals surface area contributed by atoms with Gasteiger partial charge in [-0.15, -0.1) is 0 Å². The number of aromatic nitrogens is 3. The van der Waals surface area contributed by atoms with Crippen molar-refractivity contribution in [1.82, 2.24) is 14.8 Å². The van der Waals surface area contributed by atoms with E-state index in [4.69, 9.17) is 10.8 Å².